The Kier molecular flexibility index (Phi) is 5.21. The second-order valence-corrected chi connectivity index (χ2v) is 5.96. The molecular weight excluding hydrogens is 321 g/mol. The van der Waals surface area contributed by atoms with Crippen LogP contribution in [0.15, 0.2) is 42.5 Å². The van der Waals surface area contributed by atoms with E-state index in [1.165, 1.54) is 5.56 Å². The lowest BCUT2D eigenvalue weighted by molar-refractivity contribution is 0.0277. The minimum atomic E-state index is 0.127. The smallest absolute Gasteiger partial charge is 0.156 e. The number of ether oxygens (including phenoxy) is 2. The highest BCUT2D eigenvalue weighted by atomic mass is 35.5. The van der Waals surface area contributed by atoms with Gasteiger partial charge in [0, 0.05) is 13.1 Å². The van der Waals surface area contributed by atoms with Crippen molar-refractivity contribution in [3.05, 3.63) is 63.6 Å². The zero-order valence-corrected chi connectivity index (χ0v) is 13.5. The van der Waals surface area contributed by atoms with E-state index in [-0.39, 0.29) is 6.10 Å². The Bertz CT molecular complexity index is 605. The third-order valence-corrected chi connectivity index (χ3v) is 4.18. The van der Waals surface area contributed by atoms with Gasteiger partial charge >= 0.3 is 0 Å². The number of morpholine rings is 1. The third kappa shape index (κ3) is 3.73. The van der Waals surface area contributed by atoms with Gasteiger partial charge < -0.3 is 14.8 Å². The predicted octanol–water partition coefficient (Wildman–Crippen LogP) is 4.23. The summed E-state index contributed by atoms with van der Waals surface area (Å²) in [4.78, 5) is 0. The Hall–Kier alpha value is -1.26. The lowest BCUT2D eigenvalue weighted by atomic mass is 10.1. The minimum Gasteiger partial charge on any atom is -0.486 e. The molecule has 2 aromatic rings. The van der Waals surface area contributed by atoms with E-state index in [1.54, 1.807) is 18.2 Å². The second kappa shape index (κ2) is 7.34. The quantitative estimate of drug-likeness (QED) is 0.905. The second-order valence-electron chi connectivity index (χ2n) is 5.14. The Labute approximate surface area is 140 Å². The van der Waals surface area contributed by atoms with Crippen molar-refractivity contribution in [1.29, 1.82) is 0 Å². The van der Waals surface area contributed by atoms with Crippen LogP contribution in [0.25, 0.3) is 0 Å². The number of hydrogen-bond donors (Lipinski definition) is 1. The molecule has 5 heteroatoms. The molecule has 0 unspecified atom stereocenters. The summed E-state index contributed by atoms with van der Waals surface area (Å²) in [5, 5.41) is 4.37. The van der Waals surface area contributed by atoms with Gasteiger partial charge in [0.1, 0.15) is 6.61 Å². The molecule has 3 rings (SSSR count). The summed E-state index contributed by atoms with van der Waals surface area (Å²) < 4.78 is 11.5. The van der Waals surface area contributed by atoms with Gasteiger partial charge in [-0.2, -0.15) is 0 Å². The first-order valence-electron chi connectivity index (χ1n) is 7.22. The van der Waals surface area contributed by atoms with Crippen molar-refractivity contribution in [1.82, 2.24) is 5.32 Å². The highest BCUT2D eigenvalue weighted by molar-refractivity contribution is 6.37. The summed E-state index contributed by atoms with van der Waals surface area (Å²) in [5.74, 6) is 0.523. The zero-order valence-electron chi connectivity index (χ0n) is 12.0. The molecule has 1 aliphatic rings. The molecule has 1 saturated heterocycles. The molecule has 22 heavy (non-hydrogen) atoms. The van der Waals surface area contributed by atoms with Crippen LogP contribution < -0.4 is 10.1 Å². The maximum atomic E-state index is 6.09. The van der Waals surface area contributed by atoms with Gasteiger partial charge in [0.05, 0.1) is 22.8 Å². The van der Waals surface area contributed by atoms with Gasteiger partial charge in [-0.1, -0.05) is 53.5 Å². The summed E-state index contributed by atoms with van der Waals surface area (Å²) in [5.41, 5.74) is 2.23. The van der Waals surface area contributed by atoms with Gasteiger partial charge in [-0.15, -0.1) is 0 Å². The summed E-state index contributed by atoms with van der Waals surface area (Å²) in [6.45, 7) is 2.94. The summed E-state index contributed by atoms with van der Waals surface area (Å²) in [6, 6.07) is 13.5. The maximum Gasteiger partial charge on any atom is 0.156 e. The van der Waals surface area contributed by atoms with E-state index < -0.39 is 0 Å². The van der Waals surface area contributed by atoms with Crippen LogP contribution in [0.4, 0.5) is 0 Å². The van der Waals surface area contributed by atoms with Crippen molar-refractivity contribution in [2.24, 2.45) is 0 Å². The van der Waals surface area contributed by atoms with Gasteiger partial charge in [-0.25, -0.2) is 0 Å². The number of halogens is 2. The number of hydrogen-bond acceptors (Lipinski definition) is 3. The number of nitrogens with one attached hydrogen (secondary N) is 1. The van der Waals surface area contributed by atoms with E-state index in [0.717, 1.165) is 25.3 Å². The highest BCUT2D eigenvalue weighted by Gasteiger charge is 2.15. The zero-order chi connectivity index (χ0) is 15.4. The highest BCUT2D eigenvalue weighted by Crippen LogP contribution is 2.33. The fourth-order valence-electron chi connectivity index (χ4n) is 2.38. The van der Waals surface area contributed by atoms with E-state index >= 15 is 0 Å². The molecule has 1 N–H and O–H groups in total. The van der Waals surface area contributed by atoms with Crippen molar-refractivity contribution in [3.63, 3.8) is 0 Å². The van der Waals surface area contributed by atoms with E-state index in [0.29, 0.717) is 22.4 Å². The molecule has 0 radical (unpaired) electrons. The Morgan fingerprint density at radius 3 is 2.45 bits per heavy atom. The van der Waals surface area contributed by atoms with Crippen LogP contribution in [-0.4, -0.2) is 19.7 Å². The molecule has 116 valence electrons. The van der Waals surface area contributed by atoms with Crippen LogP contribution in [-0.2, 0) is 11.3 Å². The van der Waals surface area contributed by atoms with Crippen LogP contribution in [0.2, 0.25) is 10.0 Å². The van der Waals surface area contributed by atoms with E-state index in [2.05, 4.69) is 17.4 Å². The molecule has 0 bridgehead atoms. The molecule has 0 amide bonds. The van der Waals surface area contributed by atoms with Gasteiger partial charge in [-0.05, 0) is 23.3 Å². The molecule has 0 saturated carbocycles. The molecule has 0 spiro atoms. The average Bonchev–Trinajstić information content (AvgIpc) is 2.56. The average molecular weight is 338 g/mol. The van der Waals surface area contributed by atoms with Crippen LogP contribution in [0.5, 0.6) is 5.75 Å². The van der Waals surface area contributed by atoms with Crippen molar-refractivity contribution < 1.29 is 9.47 Å². The first-order chi connectivity index (χ1) is 10.7. The largest absolute Gasteiger partial charge is 0.486 e. The normalized spacial score (nSPS) is 18.2. The first kappa shape index (κ1) is 15.6. The maximum absolute atomic E-state index is 6.09. The summed E-state index contributed by atoms with van der Waals surface area (Å²) >= 11 is 12.2. The molecule has 1 fully saturated rings. The van der Waals surface area contributed by atoms with Crippen LogP contribution >= 0.6 is 23.2 Å². The number of rotatable bonds is 4. The molecule has 1 aliphatic heterocycles. The Balaban J connectivity index is 1.64. The van der Waals surface area contributed by atoms with Crippen molar-refractivity contribution in [2.75, 3.05) is 19.7 Å². The van der Waals surface area contributed by atoms with E-state index in [4.69, 9.17) is 32.7 Å². The predicted molar refractivity (Wildman–Crippen MR) is 88.8 cm³/mol. The fourth-order valence-corrected chi connectivity index (χ4v) is 2.89. The van der Waals surface area contributed by atoms with Gasteiger partial charge in [0.25, 0.3) is 0 Å². The van der Waals surface area contributed by atoms with Crippen molar-refractivity contribution >= 4 is 23.2 Å². The van der Waals surface area contributed by atoms with E-state index in [9.17, 15) is 0 Å². The molecular formula is C17H17Cl2NO2. The van der Waals surface area contributed by atoms with Gasteiger partial charge in [0.2, 0.25) is 0 Å². The Morgan fingerprint density at radius 2 is 1.82 bits per heavy atom. The molecule has 1 atom stereocenters. The molecule has 1 heterocycles. The molecule has 0 aliphatic carbocycles. The van der Waals surface area contributed by atoms with Crippen LogP contribution in [0.1, 0.15) is 17.2 Å². The number of benzene rings is 2. The van der Waals surface area contributed by atoms with Gasteiger partial charge in [-0.3, -0.25) is 0 Å². The Morgan fingerprint density at radius 1 is 1.09 bits per heavy atom. The van der Waals surface area contributed by atoms with Crippen LogP contribution in [0.3, 0.4) is 0 Å². The summed E-state index contributed by atoms with van der Waals surface area (Å²) in [6.07, 6.45) is 0.127. The lowest BCUT2D eigenvalue weighted by Gasteiger charge is -2.24. The molecule has 3 nitrogen and oxygen atoms in total. The lowest BCUT2D eigenvalue weighted by Crippen LogP contribution is -2.33. The van der Waals surface area contributed by atoms with Crippen molar-refractivity contribution in [3.8, 4) is 5.75 Å². The van der Waals surface area contributed by atoms with E-state index in [1.807, 2.05) is 12.1 Å². The molecule has 2 aromatic carbocycles. The fraction of sp³-hybridized carbons (Fsp3) is 0.294. The summed E-state index contributed by atoms with van der Waals surface area (Å²) in [7, 11) is 0. The van der Waals surface area contributed by atoms with Crippen molar-refractivity contribution in [2.45, 2.75) is 12.7 Å². The SMILES string of the molecule is Clc1cccc(Cl)c1OCc1ccc([C@H]2CNCCO2)cc1. The minimum absolute atomic E-state index is 0.127. The van der Waals surface area contributed by atoms with Crippen LogP contribution in [0, 0.1) is 0 Å². The topological polar surface area (TPSA) is 30.5 Å². The van der Waals surface area contributed by atoms with Gasteiger partial charge in [0.15, 0.2) is 5.75 Å². The monoisotopic (exact) mass is 337 g/mol. The standard InChI is InChI=1S/C17H17Cl2NO2/c18-14-2-1-3-15(19)17(14)22-11-12-4-6-13(7-5-12)16-10-20-8-9-21-16/h1-7,16,20H,8-11H2/t16-/m1/s1. The first-order valence-corrected chi connectivity index (χ1v) is 7.97. The molecule has 0 aromatic heterocycles. The third-order valence-electron chi connectivity index (χ3n) is 3.58. The number of para-hydroxylation sites is 1.